The van der Waals surface area contributed by atoms with Crippen molar-refractivity contribution in [2.45, 2.75) is 39.0 Å². The summed E-state index contributed by atoms with van der Waals surface area (Å²) in [6, 6.07) is 5.91. The Morgan fingerprint density at radius 2 is 1.81 bits per heavy atom. The standard InChI is InChI=1S/C20H28ClN3O2/c1-15-7-8-17(21)13-18(15)23-9-11-24(12-10-23)19(25)14-22-20(26)16-5-3-2-4-6-16/h7-8,13,16H,2-6,9-12,14H2,1H3,(H,22,26). The second kappa shape index (κ2) is 8.76. The van der Waals surface area contributed by atoms with Crippen LogP contribution in [-0.2, 0) is 9.59 Å². The zero-order chi connectivity index (χ0) is 18.5. The second-order valence-corrected chi connectivity index (χ2v) is 7.79. The van der Waals surface area contributed by atoms with Crippen LogP contribution in [0.5, 0.6) is 0 Å². The van der Waals surface area contributed by atoms with Gasteiger partial charge in [-0.3, -0.25) is 9.59 Å². The van der Waals surface area contributed by atoms with Gasteiger partial charge in [0.2, 0.25) is 11.8 Å². The van der Waals surface area contributed by atoms with Crippen LogP contribution in [0.15, 0.2) is 18.2 Å². The number of aryl methyl sites for hydroxylation is 1. The minimum Gasteiger partial charge on any atom is -0.368 e. The average molecular weight is 378 g/mol. The van der Waals surface area contributed by atoms with Crippen molar-refractivity contribution in [3.05, 3.63) is 28.8 Å². The van der Waals surface area contributed by atoms with Crippen molar-refractivity contribution >= 4 is 29.1 Å². The SMILES string of the molecule is Cc1ccc(Cl)cc1N1CCN(C(=O)CNC(=O)C2CCCCC2)CC1. The van der Waals surface area contributed by atoms with E-state index in [1.165, 1.54) is 12.0 Å². The van der Waals surface area contributed by atoms with Crippen LogP contribution in [0, 0.1) is 12.8 Å². The molecule has 1 N–H and O–H groups in total. The summed E-state index contributed by atoms with van der Waals surface area (Å²) in [5.74, 6) is 0.155. The Bertz CT molecular complexity index is 650. The molecule has 0 atom stereocenters. The molecule has 1 saturated heterocycles. The Morgan fingerprint density at radius 1 is 1.12 bits per heavy atom. The highest BCUT2D eigenvalue weighted by atomic mass is 35.5. The summed E-state index contributed by atoms with van der Waals surface area (Å²) in [6.45, 7) is 5.09. The second-order valence-electron chi connectivity index (χ2n) is 7.35. The fourth-order valence-electron chi connectivity index (χ4n) is 3.90. The van der Waals surface area contributed by atoms with Crippen LogP contribution < -0.4 is 10.2 Å². The summed E-state index contributed by atoms with van der Waals surface area (Å²) in [4.78, 5) is 28.7. The lowest BCUT2D eigenvalue weighted by molar-refractivity contribution is -0.134. The molecule has 6 heteroatoms. The van der Waals surface area contributed by atoms with Gasteiger partial charge in [-0.15, -0.1) is 0 Å². The zero-order valence-corrected chi connectivity index (χ0v) is 16.2. The number of rotatable bonds is 4. The number of amides is 2. The van der Waals surface area contributed by atoms with E-state index in [0.717, 1.165) is 49.5 Å². The van der Waals surface area contributed by atoms with E-state index >= 15 is 0 Å². The Balaban J connectivity index is 1.46. The molecule has 3 rings (SSSR count). The fraction of sp³-hybridized carbons (Fsp3) is 0.600. The number of hydrogen-bond donors (Lipinski definition) is 1. The number of nitrogens with one attached hydrogen (secondary N) is 1. The molecule has 1 aliphatic heterocycles. The van der Waals surface area contributed by atoms with E-state index in [2.05, 4.69) is 17.1 Å². The Morgan fingerprint density at radius 3 is 2.50 bits per heavy atom. The molecule has 1 heterocycles. The first-order valence-corrected chi connectivity index (χ1v) is 9.99. The third kappa shape index (κ3) is 4.70. The largest absolute Gasteiger partial charge is 0.368 e. The molecule has 1 aromatic carbocycles. The number of anilines is 1. The molecule has 1 aromatic rings. The van der Waals surface area contributed by atoms with Crippen LogP contribution in [0.4, 0.5) is 5.69 Å². The predicted molar refractivity (Wildman–Crippen MR) is 105 cm³/mol. The highest BCUT2D eigenvalue weighted by molar-refractivity contribution is 6.30. The van der Waals surface area contributed by atoms with Crippen molar-refractivity contribution in [2.24, 2.45) is 5.92 Å². The molecule has 26 heavy (non-hydrogen) atoms. The van der Waals surface area contributed by atoms with Crippen LogP contribution in [-0.4, -0.2) is 49.4 Å². The van der Waals surface area contributed by atoms with Crippen LogP contribution in [0.2, 0.25) is 5.02 Å². The first-order chi connectivity index (χ1) is 12.5. The van der Waals surface area contributed by atoms with Gasteiger partial charge < -0.3 is 15.1 Å². The number of carbonyl (C=O) groups is 2. The molecular formula is C20H28ClN3O2. The molecule has 0 bridgehead atoms. The number of piperazine rings is 1. The van der Waals surface area contributed by atoms with Crippen LogP contribution in [0.25, 0.3) is 0 Å². The highest BCUT2D eigenvalue weighted by Crippen LogP contribution is 2.25. The molecule has 2 aliphatic rings. The van der Waals surface area contributed by atoms with E-state index in [-0.39, 0.29) is 24.3 Å². The van der Waals surface area contributed by atoms with Gasteiger partial charge in [0.25, 0.3) is 0 Å². The van der Waals surface area contributed by atoms with E-state index < -0.39 is 0 Å². The first-order valence-electron chi connectivity index (χ1n) is 9.61. The quantitative estimate of drug-likeness (QED) is 0.877. The average Bonchev–Trinajstić information content (AvgIpc) is 2.68. The number of halogens is 1. The molecule has 0 spiro atoms. The maximum absolute atomic E-state index is 12.4. The van der Waals surface area contributed by atoms with Gasteiger partial charge in [-0.25, -0.2) is 0 Å². The number of carbonyl (C=O) groups excluding carboxylic acids is 2. The van der Waals surface area contributed by atoms with Gasteiger partial charge in [0.15, 0.2) is 0 Å². The van der Waals surface area contributed by atoms with Crippen molar-refractivity contribution in [1.82, 2.24) is 10.2 Å². The first kappa shape index (κ1) is 19.0. The lowest BCUT2D eigenvalue weighted by atomic mass is 9.89. The fourth-order valence-corrected chi connectivity index (χ4v) is 4.07. The van der Waals surface area contributed by atoms with Crippen LogP contribution in [0.3, 0.4) is 0 Å². The lowest BCUT2D eigenvalue weighted by Gasteiger charge is -2.37. The highest BCUT2D eigenvalue weighted by Gasteiger charge is 2.25. The number of hydrogen-bond acceptors (Lipinski definition) is 3. The minimum atomic E-state index is 0.0108. The van der Waals surface area contributed by atoms with Crippen molar-refractivity contribution in [3.63, 3.8) is 0 Å². The molecule has 142 valence electrons. The molecular weight excluding hydrogens is 350 g/mol. The molecule has 0 unspecified atom stereocenters. The van der Waals surface area contributed by atoms with E-state index in [1.807, 2.05) is 23.1 Å². The smallest absolute Gasteiger partial charge is 0.242 e. The normalized spacial score (nSPS) is 18.7. The van der Waals surface area contributed by atoms with E-state index in [1.54, 1.807) is 0 Å². The van der Waals surface area contributed by atoms with Gasteiger partial charge in [0.05, 0.1) is 6.54 Å². The summed E-state index contributed by atoms with van der Waals surface area (Å²) in [6.07, 6.45) is 5.38. The van der Waals surface area contributed by atoms with Gasteiger partial charge in [0.1, 0.15) is 0 Å². The Hall–Kier alpha value is -1.75. The van der Waals surface area contributed by atoms with Crippen molar-refractivity contribution in [2.75, 3.05) is 37.6 Å². The van der Waals surface area contributed by atoms with E-state index in [0.29, 0.717) is 13.1 Å². The van der Waals surface area contributed by atoms with Crippen molar-refractivity contribution < 1.29 is 9.59 Å². The maximum Gasteiger partial charge on any atom is 0.242 e. The van der Waals surface area contributed by atoms with Crippen LogP contribution >= 0.6 is 11.6 Å². The van der Waals surface area contributed by atoms with Crippen LogP contribution in [0.1, 0.15) is 37.7 Å². The predicted octanol–water partition coefficient (Wildman–Crippen LogP) is 2.99. The summed E-state index contributed by atoms with van der Waals surface area (Å²) in [7, 11) is 0. The topological polar surface area (TPSA) is 52.6 Å². The summed E-state index contributed by atoms with van der Waals surface area (Å²) >= 11 is 6.12. The molecule has 0 radical (unpaired) electrons. The van der Waals surface area contributed by atoms with Gasteiger partial charge in [-0.1, -0.05) is 36.9 Å². The third-order valence-corrected chi connectivity index (χ3v) is 5.77. The minimum absolute atomic E-state index is 0.0108. The van der Waals surface area contributed by atoms with Gasteiger partial charge in [-0.2, -0.15) is 0 Å². The van der Waals surface area contributed by atoms with Crippen molar-refractivity contribution in [3.8, 4) is 0 Å². The lowest BCUT2D eigenvalue weighted by Crippen LogP contribution is -2.51. The summed E-state index contributed by atoms with van der Waals surface area (Å²) in [5.41, 5.74) is 2.32. The zero-order valence-electron chi connectivity index (χ0n) is 15.5. The Labute approximate surface area is 160 Å². The number of benzene rings is 1. The number of nitrogens with zero attached hydrogens (tertiary/aromatic N) is 2. The molecule has 5 nitrogen and oxygen atoms in total. The van der Waals surface area contributed by atoms with Crippen molar-refractivity contribution in [1.29, 1.82) is 0 Å². The van der Waals surface area contributed by atoms with Gasteiger partial charge in [0, 0.05) is 42.8 Å². The summed E-state index contributed by atoms with van der Waals surface area (Å²) in [5, 5.41) is 3.58. The third-order valence-electron chi connectivity index (χ3n) is 5.53. The molecule has 2 fully saturated rings. The molecule has 0 aromatic heterocycles. The Kier molecular flexibility index (Phi) is 6.41. The van der Waals surface area contributed by atoms with E-state index in [9.17, 15) is 9.59 Å². The summed E-state index contributed by atoms with van der Waals surface area (Å²) < 4.78 is 0. The van der Waals surface area contributed by atoms with Gasteiger partial charge in [-0.05, 0) is 37.5 Å². The monoisotopic (exact) mass is 377 g/mol. The molecule has 1 aliphatic carbocycles. The maximum atomic E-state index is 12.4. The molecule has 2 amide bonds. The van der Waals surface area contributed by atoms with E-state index in [4.69, 9.17) is 11.6 Å². The van der Waals surface area contributed by atoms with Gasteiger partial charge >= 0.3 is 0 Å². The molecule has 1 saturated carbocycles.